The molecule has 2 aliphatic heterocycles. The molecule has 3 unspecified atom stereocenters. The summed E-state index contributed by atoms with van der Waals surface area (Å²) in [5.41, 5.74) is 11.3. The zero-order valence-electron chi connectivity index (χ0n) is 28.8. The molecule has 1 fully saturated rings. The van der Waals surface area contributed by atoms with E-state index < -0.39 is 83.9 Å². The molecule has 8 amide bonds. The number of aliphatic carboxylic acids is 1. The first-order valence-corrected chi connectivity index (χ1v) is 16.9. The molecule has 53 heavy (non-hydrogen) atoms. The molecule has 20 heteroatoms. The van der Waals surface area contributed by atoms with Gasteiger partial charge in [-0.15, -0.1) is 0 Å². The standard InChI is InChI=1S/C33H44N10O10/c34-33(35)37-15-6-10-20-28(48)38-18-24(45)42-27(32(52)53)31(51)41-22(17-19-7-2-1-3-8-19)30(50)40-21(29(49)39-20)9-4-5-14-36-23(44)13-16-43-25(46)11-12-26(43)47/h1-3,7-8,11-12,20-22,27H,4-6,9-10,13-18H2,(H,36,44)(H,38,48)(H,39,49)(H,40,50)(H,41,51)(H,42,45)(H,52,53)(H4,34,35,37)/t20-,21?,22?,27?/m0/s1. The fraction of sp³-hybridized carbons (Fsp3) is 0.455. The van der Waals surface area contributed by atoms with Gasteiger partial charge in [-0.1, -0.05) is 30.3 Å². The van der Waals surface area contributed by atoms with Crippen LogP contribution in [0, 0.1) is 0 Å². The third kappa shape index (κ3) is 13.7. The van der Waals surface area contributed by atoms with E-state index in [1.54, 1.807) is 30.3 Å². The Labute approximate surface area is 303 Å². The molecule has 3 rings (SSSR count). The van der Waals surface area contributed by atoms with Crippen molar-refractivity contribution in [2.24, 2.45) is 16.5 Å². The lowest BCUT2D eigenvalue weighted by Gasteiger charge is -2.25. The second-order valence-electron chi connectivity index (χ2n) is 12.1. The lowest BCUT2D eigenvalue weighted by Crippen LogP contribution is -2.59. The van der Waals surface area contributed by atoms with Crippen molar-refractivity contribution < 1.29 is 48.3 Å². The van der Waals surface area contributed by atoms with Crippen molar-refractivity contribution in [1.82, 2.24) is 36.8 Å². The molecular formula is C33H44N10O10. The van der Waals surface area contributed by atoms with Gasteiger partial charge in [0.2, 0.25) is 35.6 Å². The van der Waals surface area contributed by atoms with Crippen molar-refractivity contribution in [3.05, 3.63) is 48.0 Å². The van der Waals surface area contributed by atoms with Crippen LogP contribution in [0.5, 0.6) is 0 Å². The Morgan fingerprint density at radius 3 is 2.04 bits per heavy atom. The fourth-order valence-corrected chi connectivity index (χ4v) is 5.30. The predicted molar refractivity (Wildman–Crippen MR) is 186 cm³/mol. The van der Waals surface area contributed by atoms with Gasteiger partial charge in [-0.3, -0.25) is 48.2 Å². The molecule has 0 spiro atoms. The Hall–Kier alpha value is -6.34. The minimum atomic E-state index is -2.12. The van der Waals surface area contributed by atoms with E-state index in [0.29, 0.717) is 12.0 Å². The topological polar surface area (TPSA) is 314 Å². The predicted octanol–water partition coefficient (Wildman–Crippen LogP) is -3.96. The number of unbranched alkanes of at least 4 members (excludes halogenated alkanes) is 1. The molecule has 0 aromatic heterocycles. The monoisotopic (exact) mass is 740 g/mol. The van der Waals surface area contributed by atoms with Gasteiger partial charge in [0, 0.05) is 44.6 Å². The summed E-state index contributed by atoms with van der Waals surface area (Å²) < 4.78 is 0. The lowest BCUT2D eigenvalue weighted by atomic mass is 10.0. The maximum absolute atomic E-state index is 13.8. The highest BCUT2D eigenvalue weighted by molar-refractivity contribution is 6.13. The normalized spacial score (nSPS) is 21.3. The highest BCUT2D eigenvalue weighted by Crippen LogP contribution is 2.09. The third-order valence-electron chi connectivity index (χ3n) is 8.07. The molecule has 11 N–H and O–H groups in total. The molecule has 20 nitrogen and oxygen atoms in total. The summed E-state index contributed by atoms with van der Waals surface area (Å²) >= 11 is 0. The Bertz CT molecular complexity index is 1590. The van der Waals surface area contributed by atoms with Gasteiger partial charge < -0.3 is 48.5 Å². The number of rotatable bonds is 15. The van der Waals surface area contributed by atoms with E-state index in [0.717, 1.165) is 17.1 Å². The minimum Gasteiger partial charge on any atom is -0.479 e. The number of carboxylic acids is 1. The van der Waals surface area contributed by atoms with E-state index >= 15 is 0 Å². The second-order valence-corrected chi connectivity index (χ2v) is 12.1. The number of nitrogens with zero attached hydrogens (tertiary/aromatic N) is 2. The number of hydrogen-bond donors (Lipinski definition) is 9. The van der Waals surface area contributed by atoms with Gasteiger partial charge in [-0.2, -0.15) is 0 Å². The van der Waals surface area contributed by atoms with Crippen LogP contribution in [0.4, 0.5) is 0 Å². The number of hydrogen-bond acceptors (Lipinski definition) is 10. The smallest absolute Gasteiger partial charge is 0.336 e. The molecule has 0 bridgehead atoms. The van der Waals surface area contributed by atoms with E-state index in [1.807, 2.05) is 5.32 Å². The number of amides is 8. The molecule has 1 aromatic rings. The minimum absolute atomic E-state index is 0.00177. The SMILES string of the molecule is NC(N)=NCCC[C@@H]1NC(=O)C(CCCCNC(=O)CCN2C(=O)C=CC2=O)NC(=O)C(Cc2ccccc2)NC(=O)C(C(=O)O)NC(=O)CNC1=O. The molecule has 0 saturated carbocycles. The summed E-state index contributed by atoms with van der Waals surface area (Å²) in [5.74, 6) is -8.02. The molecular weight excluding hydrogens is 696 g/mol. The number of guanidine groups is 1. The van der Waals surface area contributed by atoms with E-state index in [9.17, 15) is 48.3 Å². The number of carboxylic acid groups (broad SMARTS) is 1. The Morgan fingerprint density at radius 2 is 1.40 bits per heavy atom. The van der Waals surface area contributed by atoms with Crippen LogP contribution in [0.25, 0.3) is 0 Å². The largest absolute Gasteiger partial charge is 0.479 e. The summed E-state index contributed by atoms with van der Waals surface area (Å²) in [6, 6.07) is 2.42. The molecule has 0 aliphatic carbocycles. The van der Waals surface area contributed by atoms with Gasteiger partial charge in [-0.05, 0) is 37.7 Å². The zero-order valence-corrected chi connectivity index (χ0v) is 28.8. The van der Waals surface area contributed by atoms with E-state index in [1.165, 1.54) is 0 Å². The average molecular weight is 741 g/mol. The number of carbonyl (C=O) groups is 9. The van der Waals surface area contributed by atoms with Crippen molar-refractivity contribution >= 4 is 59.2 Å². The highest BCUT2D eigenvalue weighted by Gasteiger charge is 2.35. The van der Waals surface area contributed by atoms with Crippen molar-refractivity contribution in [2.75, 3.05) is 26.2 Å². The maximum atomic E-state index is 13.8. The van der Waals surface area contributed by atoms with Crippen LogP contribution in [0.2, 0.25) is 0 Å². The first kappa shape index (κ1) is 41.1. The number of nitrogens with one attached hydrogen (secondary N) is 6. The zero-order chi connectivity index (χ0) is 38.9. The van der Waals surface area contributed by atoms with Crippen molar-refractivity contribution in [3.63, 3.8) is 0 Å². The van der Waals surface area contributed by atoms with Gasteiger partial charge in [0.15, 0.2) is 5.96 Å². The van der Waals surface area contributed by atoms with Gasteiger partial charge in [-0.25, -0.2) is 4.79 Å². The van der Waals surface area contributed by atoms with Crippen molar-refractivity contribution in [3.8, 4) is 0 Å². The van der Waals surface area contributed by atoms with E-state index in [2.05, 4.69) is 31.6 Å². The summed E-state index contributed by atoms with van der Waals surface area (Å²) in [6.45, 7) is -0.576. The molecule has 0 radical (unpaired) electrons. The van der Waals surface area contributed by atoms with Crippen LogP contribution in [0.15, 0.2) is 47.5 Å². The van der Waals surface area contributed by atoms with E-state index in [-0.39, 0.29) is 64.1 Å². The molecule has 4 atom stereocenters. The average Bonchev–Trinajstić information content (AvgIpc) is 3.44. The van der Waals surface area contributed by atoms with Gasteiger partial charge >= 0.3 is 5.97 Å². The summed E-state index contributed by atoms with van der Waals surface area (Å²) in [7, 11) is 0. The lowest BCUT2D eigenvalue weighted by molar-refractivity contribution is -0.147. The molecule has 286 valence electrons. The molecule has 2 aliphatic rings. The number of imide groups is 1. The summed E-state index contributed by atoms with van der Waals surface area (Å²) in [4.78, 5) is 119. The summed E-state index contributed by atoms with van der Waals surface area (Å²) in [5, 5.41) is 24.3. The quantitative estimate of drug-likeness (QED) is 0.0274. The molecule has 2 heterocycles. The molecule has 1 saturated heterocycles. The van der Waals surface area contributed by atoms with Crippen LogP contribution < -0.4 is 43.4 Å². The maximum Gasteiger partial charge on any atom is 0.336 e. The van der Waals surface area contributed by atoms with Crippen LogP contribution in [-0.4, -0.2) is 120 Å². The fourth-order valence-electron chi connectivity index (χ4n) is 5.30. The van der Waals surface area contributed by atoms with Gasteiger partial charge in [0.25, 0.3) is 17.7 Å². The number of aliphatic imine (C=N–C) groups is 1. The first-order valence-electron chi connectivity index (χ1n) is 16.9. The first-order chi connectivity index (χ1) is 25.2. The van der Waals surface area contributed by atoms with Gasteiger partial charge in [0.05, 0.1) is 6.54 Å². The Kier molecular flexibility index (Phi) is 15.9. The number of nitrogens with two attached hydrogens (primary N) is 2. The Morgan fingerprint density at radius 1 is 0.792 bits per heavy atom. The summed E-state index contributed by atoms with van der Waals surface area (Å²) in [6.07, 6.45) is 2.82. The molecule has 1 aromatic carbocycles. The van der Waals surface area contributed by atoms with Crippen LogP contribution in [0.1, 0.15) is 44.1 Å². The van der Waals surface area contributed by atoms with Crippen LogP contribution in [-0.2, 0) is 49.6 Å². The highest BCUT2D eigenvalue weighted by atomic mass is 16.4. The van der Waals surface area contributed by atoms with Crippen molar-refractivity contribution in [2.45, 2.75) is 69.1 Å². The number of carbonyl (C=O) groups excluding carboxylic acids is 8. The number of benzene rings is 1. The van der Waals surface area contributed by atoms with Crippen LogP contribution >= 0.6 is 0 Å². The van der Waals surface area contributed by atoms with Gasteiger partial charge in [0.1, 0.15) is 18.1 Å². The van der Waals surface area contributed by atoms with Crippen LogP contribution in [0.3, 0.4) is 0 Å². The second kappa shape index (κ2) is 20.5. The van der Waals surface area contributed by atoms with Crippen molar-refractivity contribution in [1.29, 1.82) is 0 Å². The Balaban J connectivity index is 1.79. The van der Waals surface area contributed by atoms with E-state index in [4.69, 9.17) is 11.5 Å². The third-order valence-corrected chi connectivity index (χ3v) is 8.07.